The number of unbranched alkanes of at least 4 members (excludes halogenated alkanes) is 2. The number of allylic oxidation sites excluding steroid dienone is 3. The summed E-state index contributed by atoms with van der Waals surface area (Å²) < 4.78 is 15.9. The van der Waals surface area contributed by atoms with Gasteiger partial charge in [-0.1, -0.05) is 43.6 Å². The molecule has 3 atom stereocenters. The molecule has 1 aliphatic heterocycles. The number of rotatable bonds is 9. The lowest BCUT2D eigenvalue weighted by Crippen LogP contribution is -2.20. The number of carbonyl (C=O) groups is 1. The molecule has 1 fully saturated rings. The van der Waals surface area contributed by atoms with Crippen molar-refractivity contribution in [1.29, 1.82) is 0 Å². The topological polar surface area (TPSA) is 68.3 Å². The Kier molecular flexibility index (Phi) is 7.59. The molecular formula is C25H34O5. The normalized spacial score (nSPS) is 22.9. The molecule has 0 aromatic heterocycles. The van der Waals surface area contributed by atoms with E-state index in [1.165, 1.54) is 5.57 Å². The molecule has 1 aromatic rings. The second kappa shape index (κ2) is 10.2. The van der Waals surface area contributed by atoms with Gasteiger partial charge in [0.1, 0.15) is 24.2 Å². The summed E-state index contributed by atoms with van der Waals surface area (Å²) in [7, 11) is 0. The van der Waals surface area contributed by atoms with Crippen LogP contribution in [-0.2, 0) is 15.9 Å². The Bertz CT molecular complexity index is 806. The molecule has 5 heteroatoms. The number of phenolic OH excluding ortho intramolecular Hbond substituents is 1. The Morgan fingerprint density at radius 3 is 2.77 bits per heavy atom. The van der Waals surface area contributed by atoms with E-state index in [1.807, 2.05) is 19.1 Å². The van der Waals surface area contributed by atoms with Crippen molar-refractivity contribution in [2.75, 3.05) is 13.2 Å². The van der Waals surface area contributed by atoms with Crippen LogP contribution in [0.5, 0.6) is 11.5 Å². The maximum atomic E-state index is 12.3. The van der Waals surface area contributed by atoms with E-state index in [4.69, 9.17) is 14.2 Å². The second-order valence-electron chi connectivity index (χ2n) is 8.63. The minimum atomic E-state index is -0.764. The Morgan fingerprint density at radius 1 is 1.33 bits per heavy atom. The van der Waals surface area contributed by atoms with Gasteiger partial charge in [-0.2, -0.15) is 0 Å². The second-order valence-corrected chi connectivity index (χ2v) is 8.63. The Balaban J connectivity index is 1.92. The van der Waals surface area contributed by atoms with E-state index in [9.17, 15) is 9.90 Å². The van der Waals surface area contributed by atoms with Crippen molar-refractivity contribution in [3.8, 4) is 11.5 Å². The third-order valence-corrected chi connectivity index (χ3v) is 5.95. The molecule has 0 spiro atoms. The van der Waals surface area contributed by atoms with E-state index >= 15 is 0 Å². The standard InChI is InChI=1S/C25H34O5/c1-5-6-7-8-18-12-22(26)24(21-11-17(4)9-10-20(21)16(2)3)23(13-18)30-25(27)29-15-19-14-28-19/h11-13,19-21,26H,2,5-10,14-15H2,1,3-4H3/t19?,20?,21-/m1/s1. The minimum Gasteiger partial charge on any atom is -0.507 e. The van der Waals surface area contributed by atoms with Gasteiger partial charge in [0.2, 0.25) is 0 Å². The molecule has 164 valence electrons. The van der Waals surface area contributed by atoms with Crippen molar-refractivity contribution in [3.05, 3.63) is 47.1 Å². The largest absolute Gasteiger partial charge is 0.513 e. The van der Waals surface area contributed by atoms with Crippen molar-refractivity contribution in [3.63, 3.8) is 0 Å². The lowest BCUT2D eigenvalue weighted by molar-refractivity contribution is 0.0913. The highest BCUT2D eigenvalue weighted by atomic mass is 16.7. The van der Waals surface area contributed by atoms with E-state index in [0.717, 1.165) is 49.7 Å². The van der Waals surface area contributed by atoms with Gasteiger partial charge in [-0.15, -0.1) is 0 Å². The van der Waals surface area contributed by atoms with Gasteiger partial charge < -0.3 is 19.3 Å². The van der Waals surface area contributed by atoms with Gasteiger partial charge in [0.15, 0.2) is 0 Å². The average Bonchev–Trinajstić information content (AvgIpc) is 3.50. The fourth-order valence-electron chi connectivity index (χ4n) is 4.16. The summed E-state index contributed by atoms with van der Waals surface area (Å²) in [4.78, 5) is 12.3. The van der Waals surface area contributed by atoms with Crippen molar-refractivity contribution in [2.45, 2.75) is 71.3 Å². The van der Waals surface area contributed by atoms with E-state index in [2.05, 4.69) is 26.5 Å². The number of benzene rings is 1. The third-order valence-electron chi connectivity index (χ3n) is 5.95. The van der Waals surface area contributed by atoms with Crippen LogP contribution in [0, 0.1) is 5.92 Å². The molecule has 2 aliphatic rings. The number of carbonyl (C=O) groups excluding carboxylic acids is 1. The monoisotopic (exact) mass is 414 g/mol. The zero-order valence-electron chi connectivity index (χ0n) is 18.4. The van der Waals surface area contributed by atoms with E-state index in [-0.39, 0.29) is 30.3 Å². The molecule has 1 N–H and O–H groups in total. The molecule has 3 rings (SSSR count). The van der Waals surface area contributed by atoms with Crippen LogP contribution in [0.2, 0.25) is 0 Å². The van der Waals surface area contributed by atoms with Gasteiger partial charge in [0.25, 0.3) is 0 Å². The first kappa shape index (κ1) is 22.4. The average molecular weight is 415 g/mol. The zero-order valence-corrected chi connectivity index (χ0v) is 18.4. The lowest BCUT2D eigenvalue weighted by atomic mass is 9.73. The fraction of sp³-hybridized carbons (Fsp3) is 0.560. The highest BCUT2D eigenvalue weighted by molar-refractivity contribution is 5.66. The molecule has 2 unspecified atom stereocenters. The van der Waals surface area contributed by atoms with Crippen molar-refractivity contribution in [2.24, 2.45) is 5.92 Å². The fourth-order valence-corrected chi connectivity index (χ4v) is 4.16. The summed E-state index contributed by atoms with van der Waals surface area (Å²) in [5.74, 6) is 0.643. The zero-order chi connectivity index (χ0) is 21.7. The number of ether oxygens (including phenoxy) is 3. The number of epoxide rings is 1. The van der Waals surface area contributed by atoms with Crippen LogP contribution in [-0.4, -0.2) is 30.6 Å². The Morgan fingerprint density at radius 2 is 2.10 bits per heavy atom. The van der Waals surface area contributed by atoms with Crippen molar-refractivity contribution < 1.29 is 24.1 Å². The molecule has 1 heterocycles. The van der Waals surface area contributed by atoms with Gasteiger partial charge in [-0.25, -0.2) is 4.79 Å². The van der Waals surface area contributed by atoms with Gasteiger partial charge in [0, 0.05) is 11.5 Å². The van der Waals surface area contributed by atoms with E-state index < -0.39 is 6.16 Å². The summed E-state index contributed by atoms with van der Waals surface area (Å²) in [6.07, 6.45) is 7.43. The molecule has 1 saturated heterocycles. The highest BCUT2D eigenvalue weighted by Crippen LogP contribution is 2.47. The SMILES string of the molecule is C=C(C)C1CCC(C)=C[C@H]1c1c(O)cc(CCCCC)cc1OC(=O)OCC1CO1. The Labute approximate surface area is 179 Å². The van der Waals surface area contributed by atoms with Crippen LogP contribution in [0.3, 0.4) is 0 Å². The molecular weight excluding hydrogens is 380 g/mol. The predicted octanol–water partition coefficient (Wildman–Crippen LogP) is 6.06. The first-order valence-corrected chi connectivity index (χ1v) is 11.0. The van der Waals surface area contributed by atoms with Gasteiger partial charge >= 0.3 is 6.16 Å². The van der Waals surface area contributed by atoms with Crippen LogP contribution >= 0.6 is 0 Å². The van der Waals surface area contributed by atoms with Crippen LogP contribution in [0.1, 0.15) is 69.9 Å². The summed E-state index contributed by atoms with van der Waals surface area (Å²) in [6.45, 7) is 11.2. The van der Waals surface area contributed by atoms with Gasteiger partial charge in [-0.3, -0.25) is 0 Å². The minimum absolute atomic E-state index is 0.0254. The van der Waals surface area contributed by atoms with E-state index in [0.29, 0.717) is 17.9 Å². The molecule has 0 bridgehead atoms. The highest BCUT2D eigenvalue weighted by Gasteiger charge is 2.32. The molecule has 0 amide bonds. The first-order valence-electron chi connectivity index (χ1n) is 11.0. The number of aromatic hydroxyl groups is 1. The van der Waals surface area contributed by atoms with Crippen LogP contribution in [0.4, 0.5) is 4.79 Å². The molecule has 1 aromatic carbocycles. The third kappa shape index (κ3) is 5.88. The summed E-state index contributed by atoms with van der Waals surface area (Å²) in [5.41, 5.74) is 3.93. The quantitative estimate of drug-likeness (QED) is 0.175. The lowest BCUT2D eigenvalue weighted by Gasteiger charge is -2.32. The van der Waals surface area contributed by atoms with Crippen LogP contribution in [0.25, 0.3) is 0 Å². The predicted molar refractivity (Wildman–Crippen MR) is 117 cm³/mol. The Hall–Kier alpha value is -2.27. The summed E-state index contributed by atoms with van der Waals surface area (Å²) in [5, 5.41) is 11.0. The number of phenols is 1. The van der Waals surface area contributed by atoms with Crippen LogP contribution in [0.15, 0.2) is 35.9 Å². The first-order chi connectivity index (χ1) is 14.4. The maximum absolute atomic E-state index is 12.3. The summed E-state index contributed by atoms with van der Waals surface area (Å²) >= 11 is 0. The maximum Gasteiger partial charge on any atom is 0.513 e. The number of hydrogen-bond acceptors (Lipinski definition) is 5. The number of hydrogen-bond donors (Lipinski definition) is 1. The molecule has 5 nitrogen and oxygen atoms in total. The van der Waals surface area contributed by atoms with Gasteiger partial charge in [0.05, 0.1) is 6.61 Å². The molecule has 0 radical (unpaired) electrons. The van der Waals surface area contributed by atoms with Crippen molar-refractivity contribution >= 4 is 6.16 Å². The molecule has 1 aliphatic carbocycles. The van der Waals surface area contributed by atoms with E-state index in [1.54, 1.807) is 0 Å². The number of aryl methyl sites for hydroxylation is 1. The molecule has 0 saturated carbocycles. The van der Waals surface area contributed by atoms with Gasteiger partial charge in [-0.05, 0) is 63.1 Å². The van der Waals surface area contributed by atoms with Crippen molar-refractivity contribution in [1.82, 2.24) is 0 Å². The van der Waals surface area contributed by atoms with Crippen LogP contribution < -0.4 is 4.74 Å². The molecule has 30 heavy (non-hydrogen) atoms. The smallest absolute Gasteiger partial charge is 0.507 e. The summed E-state index contributed by atoms with van der Waals surface area (Å²) in [6, 6.07) is 3.70.